The van der Waals surface area contributed by atoms with Crippen LogP contribution in [0.4, 0.5) is 0 Å². The van der Waals surface area contributed by atoms with Gasteiger partial charge in [-0.25, -0.2) is 4.79 Å². The van der Waals surface area contributed by atoms with Crippen molar-refractivity contribution in [1.29, 1.82) is 0 Å². The number of hydrogen-bond donors (Lipinski definition) is 0. The molecule has 0 aliphatic carbocycles. The summed E-state index contributed by atoms with van der Waals surface area (Å²) in [4.78, 5) is 27.8. The quantitative estimate of drug-likeness (QED) is 0.667. The maximum atomic E-state index is 12.1. The summed E-state index contributed by atoms with van der Waals surface area (Å²) < 4.78 is 11.6. The van der Waals surface area contributed by atoms with Crippen molar-refractivity contribution in [3.8, 4) is 11.4 Å². The van der Waals surface area contributed by atoms with Crippen LogP contribution in [0.3, 0.4) is 0 Å². The van der Waals surface area contributed by atoms with Crippen LogP contribution in [0.2, 0.25) is 0 Å². The van der Waals surface area contributed by atoms with E-state index in [9.17, 15) is 9.59 Å². The number of esters is 1. The van der Waals surface area contributed by atoms with Gasteiger partial charge in [-0.2, -0.15) is 4.98 Å². The number of ether oxygens (including phenoxy) is 1. The monoisotopic (exact) mass is 325 g/mol. The van der Waals surface area contributed by atoms with Crippen molar-refractivity contribution in [2.45, 2.75) is 13.5 Å². The summed E-state index contributed by atoms with van der Waals surface area (Å²) in [5, 5.41) is 3.82. The first kappa shape index (κ1) is 15.7. The van der Waals surface area contributed by atoms with Crippen molar-refractivity contribution in [1.82, 2.24) is 14.7 Å². The highest BCUT2D eigenvalue weighted by atomic mass is 16.5. The van der Waals surface area contributed by atoms with Crippen molar-refractivity contribution < 1.29 is 14.1 Å². The summed E-state index contributed by atoms with van der Waals surface area (Å²) in [6, 6.07) is 11.7. The molecule has 0 N–H and O–H groups in total. The molecule has 0 aliphatic heterocycles. The SMILES string of the molecule is Cc1nc(-c2cccc(C(=O)OCCn3ccccc3=O)c2)no1. The van der Waals surface area contributed by atoms with Crippen LogP contribution in [0.1, 0.15) is 16.2 Å². The number of rotatable bonds is 5. The molecule has 0 bridgehead atoms. The molecule has 122 valence electrons. The minimum absolute atomic E-state index is 0.105. The van der Waals surface area contributed by atoms with Crippen molar-refractivity contribution >= 4 is 5.97 Å². The smallest absolute Gasteiger partial charge is 0.338 e. The Balaban J connectivity index is 1.65. The van der Waals surface area contributed by atoms with Gasteiger partial charge in [0.05, 0.1) is 12.1 Å². The van der Waals surface area contributed by atoms with E-state index < -0.39 is 5.97 Å². The lowest BCUT2D eigenvalue weighted by atomic mass is 10.1. The molecule has 0 aliphatic rings. The van der Waals surface area contributed by atoms with Crippen molar-refractivity contribution in [3.63, 3.8) is 0 Å². The molecule has 1 aromatic carbocycles. The summed E-state index contributed by atoms with van der Waals surface area (Å²) >= 11 is 0. The third-order valence-corrected chi connectivity index (χ3v) is 3.35. The second kappa shape index (κ2) is 6.91. The molecule has 3 aromatic rings. The third kappa shape index (κ3) is 3.57. The van der Waals surface area contributed by atoms with Gasteiger partial charge in [0.25, 0.3) is 5.56 Å². The molecule has 0 atom stereocenters. The Morgan fingerprint density at radius 1 is 1.25 bits per heavy atom. The van der Waals surface area contributed by atoms with Crippen molar-refractivity contribution in [2.24, 2.45) is 0 Å². The van der Waals surface area contributed by atoms with Gasteiger partial charge < -0.3 is 13.8 Å². The number of nitrogens with zero attached hydrogens (tertiary/aromatic N) is 3. The number of aromatic nitrogens is 3. The van der Waals surface area contributed by atoms with Crippen LogP contribution in [0.5, 0.6) is 0 Å². The summed E-state index contributed by atoms with van der Waals surface area (Å²) in [6.45, 7) is 2.10. The zero-order chi connectivity index (χ0) is 16.9. The van der Waals surface area contributed by atoms with Crippen LogP contribution in [0, 0.1) is 6.92 Å². The first-order valence-electron chi connectivity index (χ1n) is 7.37. The van der Waals surface area contributed by atoms with E-state index in [-0.39, 0.29) is 12.2 Å². The zero-order valence-corrected chi connectivity index (χ0v) is 13.0. The third-order valence-electron chi connectivity index (χ3n) is 3.35. The van der Waals surface area contributed by atoms with Gasteiger partial charge in [-0.05, 0) is 18.2 Å². The van der Waals surface area contributed by atoms with E-state index in [0.29, 0.717) is 29.4 Å². The van der Waals surface area contributed by atoms with Crippen LogP contribution < -0.4 is 5.56 Å². The van der Waals surface area contributed by atoms with Crippen LogP contribution in [0.15, 0.2) is 58.0 Å². The Kier molecular flexibility index (Phi) is 4.51. The lowest BCUT2D eigenvalue weighted by Gasteiger charge is -2.07. The van der Waals surface area contributed by atoms with Gasteiger partial charge in [0.2, 0.25) is 11.7 Å². The molecule has 0 amide bonds. The second-order valence-electron chi connectivity index (χ2n) is 5.09. The molecule has 7 nitrogen and oxygen atoms in total. The largest absolute Gasteiger partial charge is 0.460 e. The summed E-state index contributed by atoms with van der Waals surface area (Å²) in [5.74, 6) is 0.394. The number of hydrogen-bond acceptors (Lipinski definition) is 6. The first-order valence-corrected chi connectivity index (χ1v) is 7.37. The average Bonchev–Trinajstić information content (AvgIpc) is 3.03. The molecular formula is C17H15N3O4. The molecule has 0 unspecified atom stereocenters. The van der Waals surface area contributed by atoms with Gasteiger partial charge in [-0.1, -0.05) is 23.4 Å². The lowest BCUT2D eigenvalue weighted by Crippen LogP contribution is -2.21. The van der Waals surface area contributed by atoms with Crippen LogP contribution in [-0.4, -0.2) is 27.3 Å². The maximum absolute atomic E-state index is 12.1. The molecule has 7 heteroatoms. The number of pyridine rings is 1. The Hall–Kier alpha value is -3.22. The van der Waals surface area contributed by atoms with E-state index in [1.807, 2.05) is 0 Å². The molecule has 2 aromatic heterocycles. The van der Waals surface area contributed by atoms with Gasteiger partial charge in [-0.15, -0.1) is 0 Å². The van der Waals surface area contributed by atoms with Crippen LogP contribution in [-0.2, 0) is 11.3 Å². The van der Waals surface area contributed by atoms with E-state index in [2.05, 4.69) is 10.1 Å². The Morgan fingerprint density at radius 3 is 2.88 bits per heavy atom. The molecule has 2 heterocycles. The predicted octanol–water partition coefficient (Wildman–Crippen LogP) is 2.06. The van der Waals surface area contributed by atoms with Gasteiger partial charge in [-0.3, -0.25) is 4.79 Å². The van der Waals surface area contributed by atoms with Crippen LogP contribution in [0.25, 0.3) is 11.4 Å². The molecule has 3 rings (SSSR count). The summed E-state index contributed by atoms with van der Waals surface area (Å²) in [6.07, 6.45) is 1.65. The fourth-order valence-corrected chi connectivity index (χ4v) is 2.17. The molecular weight excluding hydrogens is 310 g/mol. The van der Waals surface area contributed by atoms with Gasteiger partial charge in [0.1, 0.15) is 6.61 Å². The standard InChI is InChI=1S/C17H15N3O4/c1-12-18-16(19-24-12)13-5-4-6-14(11-13)17(22)23-10-9-20-8-3-2-7-15(20)21/h2-8,11H,9-10H2,1H3. The van der Waals surface area contributed by atoms with E-state index in [1.165, 1.54) is 10.6 Å². The molecule has 0 spiro atoms. The Morgan fingerprint density at radius 2 is 2.12 bits per heavy atom. The highest BCUT2D eigenvalue weighted by molar-refractivity contribution is 5.90. The lowest BCUT2D eigenvalue weighted by molar-refractivity contribution is 0.0490. The van der Waals surface area contributed by atoms with Gasteiger partial charge in [0, 0.05) is 24.8 Å². The fourth-order valence-electron chi connectivity index (χ4n) is 2.17. The van der Waals surface area contributed by atoms with E-state index in [0.717, 1.165) is 0 Å². The zero-order valence-electron chi connectivity index (χ0n) is 13.0. The molecule has 24 heavy (non-hydrogen) atoms. The van der Waals surface area contributed by atoms with E-state index in [4.69, 9.17) is 9.26 Å². The van der Waals surface area contributed by atoms with Gasteiger partial charge in [0.15, 0.2) is 0 Å². The first-order chi connectivity index (χ1) is 11.6. The number of carbonyl (C=O) groups excluding carboxylic acids is 1. The molecule has 0 fully saturated rings. The highest BCUT2D eigenvalue weighted by Crippen LogP contribution is 2.17. The average molecular weight is 325 g/mol. The molecule has 0 saturated heterocycles. The van der Waals surface area contributed by atoms with E-state index >= 15 is 0 Å². The normalized spacial score (nSPS) is 10.5. The highest BCUT2D eigenvalue weighted by Gasteiger charge is 2.11. The van der Waals surface area contributed by atoms with Crippen molar-refractivity contribution in [3.05, 3.63) is 70.5 Å². The molecule has 0 saturated carbocycles. The Labute approximate surface area is 137 Å². The number of carbonyl (C=O) groups is 1. The fraction of sp³-hybridized carbons (Fsp3) is 0.176. The minimum atomic E-state index is -0.471. The number of aryl methyl sites for hydroxylation is 1. The summed E-state index contributed by atoms with van der Waals surface area (Å²) in [5.41, 5.74) is 0.916. The number of benzene rings is 1. The Bertz CT molecular complexity index is 914. The van der Waals surface area contributed by atoms with Crippen molar-refractivity contribution in [2.75, 3.05) is 6.61 Å². The predicted molar refractivity (Wildman–Crippen MR) is 85.5 cm³/mol. The minimum Gasteiger partial charge on any atom is -0.460 e. The summed E-state index contributed by atoms with van der Waals surface area (Å²) in [7, 11) is 0. The topological polar surface area (TPSA) is 87.2 Å². The maximum Gasteiger partial charge on any atom is 0.338 e. The molecule has 0 radical (unpaired) electrons. The second-order valence-corrected chi connectivity index (χ2v) is 5.09. The van der Waals surface area contributed by atoms with Gasteiger partial charge >= 0.3 is 5.97 Å². The van der Waals surface area contributed by atoms with E-state index in [1.54, 1.807) is 49.5 Å². The van der Waals surface area contributed by atoms with Crippen LogP contribution >= 0.6 is 0 Å².